The highest BCUT2D eigenvalue weighted by atomic mass is 14.9. The number of anilines is 4. The van der Waals surface area contributed by atoms with E-state index >= 15 is 0 Å². The highest BCUT2D eigenvalue weighted by Crippen LogP contribution is 2.55. The molecule has 0 fully saturated rings. The van der Waals surface area contributed by atoms with Crippen LogP contribution in [-0.2, 0) is 16.2 Å². The molecule has 10 aromatic rings. The molecule has 0 atom stereocenters. The Morgan fingerprint density at radius 1 is 0.225 bits per heavy atom. The van der Waals surface area contributed by atoms with Gasteiger partial charge in [0, 0.05) is 39.0 Å². The van der Waals surface area contributed by atoms with Crippen molar-refractivity contribution in [3.8, 4) is 77.9 Å². The summed E-state index contributed by atoms with van der Waals surface area (Å²) < 4.78 is 0. The molecule has 71 heavy (non-hydrogen) atoms. The van der Waals surface area contributed by atoms with Gasteiger partial charge >= 0.3 is 0 Å². The molecule has 3 aliphatic rings. The van der Waals surface area contributed by atoms with Gasteiger partial charge in [0.15, 0.2) is 0 Å². The molecule has 2 nitrogen and oxygen atoms in total. The van der Waals surface area contributed by atoms with Gasteiger partial charge in [0.2, 0.25) is 0 Å². The molecule has 3 aliphatic carbocycles. The number of benzene rings is 10. The van der Waals surface area contributed by atoms with Crippen molar-refractivity contribution < 1.29 is 0 Å². The summed E-state index contributed by atoms with van der Waals surface area (Å²) in [5.41, 5.74) is 30.0. The van der Waals surface area contributed by atoms with Crippen molar-refractivity contribution in [1.29, 1.82) is 0 Å². The zero-order valence-corrected chi connectivity index (χ0v) is 41.3. The summed E-state index contributed by atoms with van der Waals surface area (Å²) in [4.78, 5) is 0. The number of nitrogens with one attached hydrogen (secondary N) is 2. The molecule has 13 rings (SSSR count). The number of hydrogen-bond acceptors (Lipinski definition) is 2. The van der Waals surface area contributed by atoms with Crippen LogP contribution in [0.15, 0.2) is 218 Å². The number of fused-ring (bicyclic) bond motifs is 9. The van der Waals surface area contributed by atoms with Crippen LogP contribution in [0.25, 0.3) is 77.9 Å². The Hall–Kier alpha value is -8.20. The van der Waals surface area contributed by atoms with E-state index in [0.29, 0.717) is 0 Å². The van der Waals surface area contributed by atoms with Crippen molar-refractivity contribution in [2.24, 2.45) is 0 Å². The van der Waals surface area contributed by atoms with E-state index in [1.807, 2.05) is 0 Å². The molecule has 0 radical (unpaired) electrons. The second kappa shape index (κ2) is 15.9. The lowest BCUT2D eigenvalue weighted by Crippen LogP contribution is -2.16. The van der Waals surface area contributed by atoms with Crippen LogP contribution in [0.1, 0.15) is 74.9 Å². The second-order valence-electron chi connectivity index (χ2n) is 21.5. The average Bonchev–Trinajstić information content (AvgIpc) is 3.88. The van der Waals surface area contributed by atoms with E-state index < -0.39 is 0 Å². The molecule has 0 bridgehead atoms. The lowest BCUT2D eigenvalue weighted by atomic mass is 9.77. The monoisotopic (exact) mass is 912 g/mol. The lowest BCUT2D eigenvalue weighted by Gasteiger charge is -2.26. The molecule has 0 aromatic heterocycles. The van der Waals surface area contributed by atoms with Crippen LogP contribution in [0.3, 0.4) is 0 Å². The van der Waals surface area contributed by atoms with Crippen LogP contribution >= 0.6 is 0 Å². The Bertz CT molecular complexity index is 3760. The normalized spacial score (nSPS) is 14.7. The fourth-order valence-corrected chi connectivity index (χ4v) is 12.5. The molecule has 2 heteroatoms. The summed E-state index contributed by atoms with van der Waals surface area (Å²) in [5, 5.41) is 7.57. The summed E-state index contributed by atoms with van der Waals surface area (Å²) in [5.74, 6) is 0. The first-order chi connectivity index (χ1) is 34.4. The average molecular weight is 913 g/mol. The first-order valence-electron chi connectivity index (χ1n) is 25.2. The maximum atomic E-state index is 3.85. The highest BCUT2D eigenvalue weighted by Gasteiger charge is 2.39. The van der Waals surface area contributed by atoms with Gasteiger partial charge in [-0.15, -0.1) is 0 Å². The molecule has 0 heterocycles. The Labute approximate surface area is 418 Å². The number of rotatable bonds is 8. The molecule has 0 spiro atoms. The summed E-state index contributed by atoms with van der Waals surface area (Å²) >= 11 is 0. The minimum Gasteiger partial charge on any atom is -0.356 e. The van der Waals surface area contributed by atoms with Crippen molar-refractivity contribution >= 4 is 22.7 Å². The Morgan fingerprint density at radius 2 is 0.606 bits per heavy atom. The smallest absolute Gasteiger partial charge is 0.0387 e. The van der Waals surface area contributed by atoms with Crippen LogP contribution in [0.5, 0.6) is 0 Å². The number of hydrogen-bond donors (Lipinski definition) is 2. The van der Waals surface area contributed by atoms with Crippen LogP contribution in [-0.4, -0.2) is 0 Å². The third-order valence-corrected chi connectivity index (χ3v) is 16.2. The maximum absolute atomic E-state index is 3.85. The van der Waals surface area contributed by atoms with Crippen molar-refractivity contribution in [2.45, 2.75) is 57.8 Å². The van der Waals surface area contributed by atoms with Crippen LogP contribution in [0.4, 0.5) is 22.7 Å². The van der Waals surface area contributed by atoms with Crippen LogP contribution < -0.4 is 10.6 Å². The molecule has 2 N–H and O–H groups in total. The quantitative estimate of drug-likeness (QED) is 0.159. The van der Waals surface area contributed by atoms with Gasteiger partial charge in [0.25, 0.3) is 0 Å². The molecule has 0 saturated heterocycles. The SMILES string of the molecule is CC1(C)c2ccccc2-c2ccc(Nc3ccc(-c4ccc(-c5cccc6c5C(C)(C)c5cc(Nc7ccc8c(c7)C(C)(C)c7cc(-c9ccccc9)ccc7-8)ccc5-6)c(-c5ccccc5)c4)cc3)cc21. The molecule has 10 aromatic carbocycles. The zero-order valence-electron chi connectivity index (χ0n) is 41.3. The van der Waals surface area contributed by atoms with Gasteiger partial charge in [-0.1, -0.05) is 199 Å². The van der Waals surface area contributed by atoms with E-state index in [1.165, 1.54) is 111 Å². The topological polar surface area (TPSA) is 24.1 Å². The van der Waals surface area contributed by atoms with Crippen molar-refractivity contribution in [1.82, 2.24) is 0 Å². The molecule has 0 aliphatic heterocycles. The fourth-order valence-electron chi connectivity index (χ4n) is 12.5. The largest absolute Gasteiger partial charge is 0.356 e. The van der Waals surface area contributed by atoms with Gasteiger partial charge < -0.3 is 10.6 Å². The minimum atomic E-state index is -0.245. The summed E-state index contributed by atoms with van der Waals surface area (Å²) in [6.45, 7) is 14.2. The molecular formula is C69H56N2. The predicted octanol–water partition coefficient (Wildman–Crippen LogP) is 18.8. The van der Waals surface area contributed by atoms with Crippen LogP contribution in [0.2, 0.25) is 0 Å². The molecular weight excluding hydrogens is 857 g/mol. The van der Waals surface area contributed by atoms with Gasteiger partial charge in [-0.25, -0.2) is 0 Å². The Kier molecular flexibility index (Phi) is 9.61. The first kappa shape index (κ1) is 42.9. The van der Waals surface area contributed by atoms with Crippen LogP contribution in [0, 0.1) is 0 Å². The van der Waals surface area contributed by atoms with Gasteiger partial charge in [-0.3, -0.25) is 0 Å². The first-order valence-corrected chi connectivity index (χ1v) is 25.2. The summed E-state index contributed by atoms with van der Waals surface area (Å²) in [6.07, 6.45) is 0. The van der Waals surface area contributed by atoms with Crippen molar-refractivity contribution in [3.05, 3.63) is 252 Å². The van der Waals surface area contributed by atoms with Gasteiger partial charge in [-0.2, -0.15) is 0 Å². The molecule has 0 amide bonds. The van der Waals surface area contributed by atoms with Gasteiger partial charge in [0.1, 0.15) is 0 Å². The highest BCUT2D eigenvalue weighted by molar-refractivity contribution is 5.95. The van der Waals surface area contributed by atoms with E-state index in [9.17, 15) is 0 Å². The van der Waals surface area contributed by atoms with E-state index in [2.05, 4.69) is 271 Å². The Balaban J connectivity index is 0.792. The summed E-state index contributed by atoms with van der Waals surface area (Å²) in [7, 11) is 0. The third kappa shape index (κ3) is 6.84. The fraction of sp³-hybridized carbons (Fsp3) is 0.130. The maximum Gasteiger partial charge on any atom is 0.0387 e. The predicted molar refractivity (Wildman–Crippen MR) is 300 cm³/mol. The minimum absolute atomic E-state index is 0.0397. The molecule has 0 unspecified atom stereocenters. The standard InChI is InChI=1S/C69H56N2/c1-67(2)61-23-14-13-20-53(61)55-35-30-49(40-63(55)67)70-48-28-24-44(25-29-48)46-26-33-52(60(38-46)45-18-11-8-12-19-45)58-21-15-22-59-57-37-32-51(42-65(57)69(5,6)66(58)59)71-50-31-36-56-54-34-27-47(43-16-9-7-10-17-43)39-62(54)68(3,4)64(56)41-50/h7-42,70-71H,1-6H3. The molecule has 0 saturated carbocycles. The van der Waals surface area contributed by atoms with Gasteiger partial charge in [-0.05, 0) is 172 Å². The molecule has 342 valence electrons. The van der Waals surface area contributed by atoms with Crippen molar-refractivity contribution in [2.75, 3.05) is 10.6 Å². The van der Waals surface area contributed by atoms with Gasteiger partial charge in [0.05, 0.1) is 0 Å². The summed E-state index contributed by atoms with van der Waals surface area (Å²) in [6, 6.07) is 81.0. The van der Waals surface area contributed by atoms with Crippen molar-refractivity contribution in [3.63, 3.8) is 0 Å². The Morgan fingerprint density at radius 3 is 1.23 bits per heavy atom. The lowest BCUT2D eigenvalue weighted by molar-refractivity contribution is 0.660. The zero-order chi connectivity index (χ0) is 48.2. The third-order valence-electron chi connectivity index (χ3n) is 16.2. The van der Waals surface area contributed by atoms with E-state index in [1.54, 1.807) is 0 Å². The van der Waals surface area contributed by atoms with E-state index in [4.69, 9.17) is 0 Å². The van der Waals surface area contributed by atoms with E-state index in [-0.39, 0.29) is 16.2 Å². The second-order valence-corrected chi connectivity index (χ2v) is 21.5. The van der Waals surface area contributed by atoms with E-state index in [0.717, 1.165) is 22.7 Å².